The second kappa shape index (κ2) is 11.1. The van der Waals surface area contributed by atoms with Gasteiger partial charge in [0.25, 0.3) is 0 Å². The van der Waals surface area contributed by atoms with Gasteiger partial charge in [-0.1, -0.05) is 147 Å². The molecule has 0 amide bonds. The average Bonchev–Trinajstić information content (AvgIpc) is 3.92. The molecular weight excluding hydrogens is 669 g/mol. The summed E-state index contributed by atoms with van der Waals surface area (Å²) in [6, 6.07) is 59.9. The molecule has 0 fully saturated rings. The summed E-state index contributed by atoms with van der Waals surface area (Å²) in [5.41, 5.74) is 15.2. The van der Waals surface area contributed by atoms with Gasteiger partial charge >= 0.3 is 0 Å². The van der Waals surface area contributed by atoms with E-state index in [0.717, 1.165) is 27.7 Å². The maximum absolute atomic E-state index is 6.35. The second-order valence-corrected chi connectivity index (χ2v) is 15.6. The van der Waals surface area contributed by atoms with Gasteiger partial charge in [-0.3, -0.25) is 0 Å². The van der Waals surface area contributed by atoms with Crippen LogP contribution in [0, 0.1) is 0 Å². The fourth-order valence-electron chi connectivity index (χ4n) is 9.80. The van der Waals surface area contributed by atoms with Gasteiger partial charge in [0, 0.05) is 32.7 Å². The third kappa shape index (κ3) is 4.20. The first kappa shape index (κ1) is 30.6. The van der Waals surface area contributed by atoms with Crippen molar-refractivity contribution in [1.29, 1.82) is 0 Å². The van der Waals surface area contributed by atoms with Crippen molar-refractivity contribution in [2.45, 2.75) is 19.3 Å². The van der Waals surface area contributed by atoms with Gasteiger partial charge in [0.1, 0.15) is 16.7 Å². The third-order valence-corrected chi connectivity index (χ3v) is 12.4. The van der Waals surface area contributed by atoms with Crippen LogP contribution in [0.15, 0.2) is 179 Å². The van der Waals surface area contributed by atoms with Crippen molar-refractivity contribution in [3.8, 4) is 44.5 Å². The summed E-state index contributed by atoms with van der Waals surface area (Å²) in [4.78, 5) is 0. The molecule has 0 atom stereocenters. The first-order chi connectivity index (χ1) is 27.0. The van der Waals surface area contributed by atoms with Crippen molar-refractivity contribution >= 4 is 65.2 Å². The van der Waals surface area contributed by atoms with Crippen LogP contribution in [0.3, 0.4) is 0 Å². The summed E-state index contributed by atoms with van der Waals surface area (Å²) in [5.74, 6) is 0. The van der Waals surface area contributed by atoms with Crippen molar-refractivity contribution in [2.75, 3.05) is 0 Å². The van der Waals surface area contributed by atoms with E-state index in [2.05, 4.69) is 166 Å². The van der Waals surface area contributed by atoms with Gasteiger partial charge < -0.3 is 8.83 Å². The summed E-state index contributed by atoms with van der Waals surface area (Å²) in [7, 11) is 0. The summed E-state index contributed by atoms with van der Waals surface area (Å²) >= 11 is 0. The van der Waals surface area contributed by atoms with Crippen LogP contribution in [0.2, 0.25) is 0 Å². The topological polar surface area (TPSA) is 26.3 Å². The van der Waals surface area contributed by atoms with E-state index in [1.807, 2.05) is 12.1 Å². The van der Waals surface area contributed by atoms with Crippen molar-refractivity contribution in [1.82, 2.24) is 0 Å². The maximum atomic E-state index is 6.35. The SMILES string of the molecule is CC1(C)c2cc(-c3cccc4c(-c5c6ccccc6c(-c6cccc7ccoc67)c6ccccc56)cccc34)ccc2-c2cc3c(cc21)oc1ccccc13. The Labute approximate surface area is 317 Å². The molecule has 9 aromatic carbocycles. The Hall–Kier alpha value is -6.90. The molecule has 2 aromatic heterocycles. The zero-order valence-electron chi connectivity index (χ0n) is 30.5. The van der Waals surface area contributed by atoms with Crippen LogP contribution in [0.1, 0.15) is 25.0 Å². The Morgan fingerprint density at radius 1 is 0.382 bits per heavy atom. The largest absolute Gasteiger partial charge is 0.464 e. The quantitative estimate of drug-likeness (QED) is 0.171. The van der Waals surface area contributed by atoms with E-state index in [9.17, 15) is 0 Å². The monoisotopic (exact) mass is 702 g/mol. The van der Waals surface area contributed by atoms with Crippen molar-refractivity contribution in [3.63, 3.8) is 0 Å². The minimum absolute atomic E-state index is 0.177. The van der Waals surface area contributed by atoms with Crippen LogP contribution in [-0.4, -0.2) is 0 Å². The van der Waals surface area contributed by atoms with Gasteiger partial charge in [0.05, 0.1) is 6.26 Å². The van der Waals surface area contributed by atoms with Gasteiger partial charge in [-0.2, -0.15) is 0 Å². The van der Waals surface area contributed by atoms with E-state index in [1.165, 1.54) is 93.2 Å². The third-order valence-electron chi connectivity index (χ3n) is 12.4. The van der Waals surface area contributed by atoms with Gasteiger partial charge in [-0.25, -0.2) is 0 Å². The molecule has 0 saturated heterocycles. The number of rotatable bonds is 3. The lowest BCUT2D eigenvalue weighted by atomic mass is 9.81. The Morgan fingerprint density at radius 3 is 1.71 bits per heavy atom. The van der Waals surface area contributed by atoms with Crippen molar-refractivity contribution in [3.05, 3.63) is 181 Å². The lowest BCUT2D eigenvalue weighted by Crippen LogP contribution is -2.15. The van der Waals surface area contributed by atoms with E-state index in [4.69, 9.17) is 8.83 Å². The zero-order chi connectivity index (χ0) is 36.4. The molecule has 0 spiro atoms. The van der Waals surface area contributed by atoms with Crippen molar-refractivity contribution in [2.24, 2.45) is 0 Å². The molecule has 0 aliphatic heterocycles. The summed E-state index contributed by atoms with van der Waals surface area (Å²) in [5, 5.41) is 10.8. The molecule has 258 valence electrons. The molecule has 12 rings (SSSR count). The summed E-state index contributed by atoms with van der Waals surface area (Å²) < 4.78 is 12.5. The normalized spacial score (nSPS) is 13.4. The number of para-hydroxylation sites is 2. The number of hydrogen-bond donors (Lipinski definition) is 0. The summed E-state index contributed by atoms with van der Waals surface area (Å²) in [6.45, 7) is 4.70. The molecule has 1 aliphatic carbocycles. The van der Waals surface area contributed by atoms with Crippen LogP contribution in [0.5, 0.6) is 0 Å². The highest BCUT2D eigenvalue weighted by Gasteiger charge is 2.36. The summed E-state index contributed by atoms with van der Waals surface area (Å²) in [6.07, 6.45) is 1.79. The van der Waals surface area contributed by atoms with Crippen LogP contribution in [-0.2, 0) is 5.41 Å². The van der Waals surface area contributed by atoms with E-state index < -0.39 is 0 Å². The molecular formula is C53H34O2. The fraction of sp³-hybridized carbons (Fsp3) is 0.0566. The Morgan fingerprint density at radius 2 is 0.964 bits per heavy atom. The standard InChI is InChI=1S/C53H34O2/c1-53(2)46-28-32(24-25-36(46)44-29-45-37-13-7-8-23-48(37)55-49(45)30-47(44)53)33-18-10-20-35-34(33)19-11-21-38(35)50-39-14-3-5-16-41(39)51(42-17-6-4-15-40(42)50)43-22-9-12-31-26-27-54-52(31)43/h3-30H,1-2H3. The van der Waals surface area contributed by atoms with Gasteiger partial charge in [0.2, 0.25) is 0 Å². The lowest BCUT2D eigenvalue weighted by Gasteiger charge is -2.22. The number of fused-ring (bicyclic) bond motifs is 10. The Balaban J connectivity index is 1.06. The maximum Gasteiger partial charge on any atom is 0.141 e. The van der Waals surface area contributed by atoms with E-state index >= 15 is 0 Å². The molecule has 0 bridgehead atoms. The molecule has 0 radical (unpaired) electrons. The average molecular weight is 703 g/mol. The van der Waals surface area contributed by atoms with Gasteiger partial charge in [0.15, 0.2) is 0 Å². The Bertz CT molecular complexity index is 3350. The fourth-order valence-corrected chi connectivity index (χ4v) is 9.80. The van der Waals surface area contributed by atoms with E-state index in [1.54, 1.807) is 6.26 Å². The van der Waals surface area contributed by atoms with E-state index in [-0.39, 0.29) is 5.41 Å². The zero-order valence-corrected chi connectivity index (χ0v) is 30.5. The minimum atomic E-state index is -0.177. The van der Waals surface area contributed by atoms with Crippen molar-refractivity contribution < 1.29 is 8.83 Å². The predicted octanol–water partition coefficient (Wildman–Crippen LogP) is 15.1. The number of hydrogen-bond acceptors (Lipinski definition) is 2. The van der Waals surface area contributed by atoms with Crippen LogP contribution >= 0.6 is 0 Å². The number of benzene rings is 9. The molecule has 0 N–H and O–H groups in total. The molecule has 2 heteroatoms. The lowest BCUT2D eigenvalue weighted by molar-refractivity contribution is 0.617. The van der Waals surface area contributed by atoms with Crippen LogP contribution in [0.4, 0.5) is 0 Å². The highest BCUT2D eigenvalue weighted by molar-refractivity contribution is 6.25. The predicted molar refractivity (Wildman–Crippen MR) is 230 cm³/mol. The van der Waals surface area contributed by atoms with Crippen LogP contribution in [0.25, 0.3) is 110 Å². The van der Waals surface area contributed by atoms with Gasteiger partial charge in [-0.05, 0) is 107 Å². The smallest absolute Gasteiger partial charge is 0.141 e. The first-order valence-electron chi connectivity index (χ1n) is 19.1. The minimum Gasteiger partial charge on any atom is -0.464 e. The number of furan rings is 2. The molecule has 0 unspecified atom stereocenters. The Kier molecular flexibility index (Phi) is 6.15. The second-order valence-electron chi connectivity index (χ2n) is 15.6. The molecule has 0 saturated carbocycles. The molecule has 1 aliphatic rings. The molecule has 11 aromatic rings. The highest BCUT2D eigenvalue weighted by Crippen LogP contribution is 2.53. The first-order valence-corrected chi connectivity index (χ1v) is 19.1. The molecule has 55 heavy (non-hydrogen) atoms. The van der Waals surface area contributed by atoms with Crippen LogP contribution < -0.4 is 0 Å². The van der Waals surface area contributed by atoms with E-state index in [0.29, 0.717) is 0 Å². The van der Waals surface area contributed by atoms with Gasteiger partial charge in [-0.15, -0.1) is 0 Å². The molecule has 2 nitrogen and oxygen atoms in total. The molecule has 2 heterocycles. The highest BCUT2D eigenvalue weighted by atomic mass is 16.3.